The summed E-state index contributed by atoms with van der Waals surface area (Å²) in [7, 11) is 0. The van der Waals surface area contributed by atoms with Gasteiger partial charge in [-0.15, -0.1) is 0 Å². The van der Waals surface area contributed by atoms with Crippen molar-refractivity contribution in [2.24, 2.45) is 0 Å². The third-order valence-corrected chi connectivity index (χ3v) is 4.53. The van der Waals surface area contributed by atoms with Gasteiger partial charge in [-0.2, -0.15) is 0 Å². The standard InChI is InChI=1S/C15H19N5/c1-9-5-12-7-17-14(16)13-8-18-15(20(12)13)10-3-2-4-11(6-10)19-9/h7-8,10-11,19H,1-6H2,(H2,16,17)/t10-,11?/m1/s1. The highest BCUT2D eigenvalue weighted by molar-refractivity contribution is 5.65. The fourth-order valence-electron chi connectivity index (χ4n) is 3.64. The molecular weight excluding hydrogens is 250 g/mol. The molecule has 5 heteroatoms. The van der Waals surface area contributed by atoms with E-state index < -0.39 is 0 Å². The molecule has 104 valence electrons. The topological polar surface area (TPSA) is 68.2 Å². The van der Waals surface area contributed by atoms with Gasteiger partial charge in [-0.25, -0.2) is 9.97 Å². The van der Waals surface area contributed by atoms with Gasteiger partial charge in [-0.05, 0) is 19.3 Å². The molecule has 20 heavy (non-hydrogen) atoms. The first-order chi connectivity index (χ1) is 9.72. The number of nitrogens with zero attached hydrogens (tertiary/aromatic N) is 3. The first kappa shape index (κ1) is 11.8. The summed E-state index contributed by atoms with van der Waals surface area (Å²) in [6.45, 7) is 4.17. The Hall–Kier alpha value is -2.04. The van der Waals surface area contributed by atoms with E-state index in [4.69, 9.17) is 5.73 Å². The second-order valence-electron chi connectivity index (χ2n) is 5.96. The summed E-state index contributed by atoms with van der Waals surface area (Å²) in [4.78, 5) is 8.96. The van der Waals surface area contributed by atoms with Crippen molar-refractivity contribution in [3.05, 3.63) is 36.2 Å². The monoisotopic (exact) mass is 269 g/mol. The van der Waals surface area contributed by atoms with Gasteiger partial charge in [0.2, 0.25) is 0 Å². The molecule has 0 saturated heterocycles. The van der Waals surface area contributed by atoms with E-state index in [2.05, 4.69) is 26.3 Å². The SMILES string of the molecule is C=C1Cc2cnc(N)c3cnc(n23)[C@@H]2CCCC(C2)N1. The van der Waals surface area contributed by atoms with Crippen molar-refractivity contribution < 1.29 is 0 Å². The minimum absolute atomic E-state index is 0.496. The van der Waals surface area contributed by atoms with E-state index in [1.54, 1.807) is 0 Å². The van der Waals surface area contributed by atoms with Crippen molar-refractivity contribution in [3.63, 3.8) is 0 Å². The number of hydrogen-bond acceptors (Lipinski definition) is 4. The third-order valence-electron chi connectivity index (χ3n) is 4.53. The lowest BCUT2D eigenvalue weighted by atomic mass is 9.85. The molecule has 2 aliphatic rings. The van der Waals surface area contributed by atoms with Crippen molar-refractivity contribution in [3.8, 4) is 0 Å². The zero-order valence-corrected chi connectivity index (χ0v) is 11.5. The Kier molecular flexibility index (Phi) is 2.49. The lowest BCUT2D eigenvalue weighted by Gasteiger charge is -2.29. The van der Waals surface area contributed by atoms with Gasteiger partial charge in [0.15, 0.2) is 0 Å². The predicted octanol–water partition coefficient (Wildman–Crippen LogP) is 2.00. The van der Waals surface area contributed by atoms with E-state index in [1.165, 1.54) is 19.3 Å². The molecule has 0 radical (unpaired) electrons. The van der Waals surface area contributed by atoms with Crippen molar-refractivity contribution in [1.82, 2.24) is 19.7 Å². The van der Waals surface area contributed by atoms with Crippen LogP contribution in [0.5, 0.6) is 0 Å². The first-order valence-corrected chi connectivity index (χ1v) is 7.27. The van der Waals surface area contributed by atoms with E-state index in [1.807, 2.05) is 12.4 Å². The molecule has 1 saturated carbocycles. The molecule has 2 aromatic heterocycles. The first-order valence-electron chi connectivity index (χ1n) is 7.27. The van der Waals surface area contributed by atoms with Crippen LogP contribution in [-0.2, 0) is 6.42 Å². The molecule has 1 unspecified atom stereocenters. The van der Waals surface area contributed by atoms with E-state index >= 15 is 0 Å². The molecule has 1 aliphatic heterocycles. The number of anilines is 1. The van der Waals surface area contributed by atoms with E-state index in [-0.39, 0.29) is 0 Å². The van der Waals surface area contributed by atoms with Crippen LogP contribution in [0, 0.1) is 0 Å². The Bertz CT molecular complexity index is 687. The van der Waals surface area contributed by atoms with Gasteiger partial charge in [0, 0.05) is 36.0 Å². The molecule has 4 rings (SSSR count). The second-order valence-corrected chi connectivity index (χ2v) is 5.96. The fourth-order valence-corrected chi connectivity index (χ4v) is 3.64. The quantitative estimate of drug-likeness (QED) is 0.767. The Morgan fingerprint density at radius 1 is 1.30 bits per heavy atom. The average Bonchev–Trinajstić information content (AvgIpc) is 2.88. The number of aromatic nitrogens is 3. The smallest absolute Gasteiger partial charge is 0.149 e. The molecule has 0 spiro atoms. The van der Waals surface area contributed by atoms with Crippen LogP contribution in [0.3, 0.4) is 0 Å². The molecule has 3 heterocycles. The predicted molar refractivity (Wildman–Crippen MR) is 78.4 cm³/mol. The maximum atomic E-state index is 6.00. The van der Waals surface area contributed by atoms with Gasteiger partial charge < -0.3 is 11.1 Å². The van der Waals surface area contributed by atoms with Crippen LogP contribution in [0.25, 0.3) is 5.52 Å². The molecule has 1 fully saturated rings. The van der Waals surface area contributed by atoms with Crippen LogP contribution in [0.4, 0.5) is 5.82 Å². The zero-order valence-electron chi connectivity index (χ0n) is 11.5. The summed E-state index contributed by atoms with van der Waals surface area (Å²) in [5.74, 6) is 2.19. The van der Waals surface area contributed by atoms with Gasteiger partial charge in [-0.3, -0.25) is 4.40 Å². The zero-order chi connectivity index (χ0) is 13.7. The van der Waals surface area contributed by atoms with E-state index in [0.29, 0.717) is 17.8 Å². The number of rotatable bonds is 0. The third kappa shape index (κ3) is 1.69. The molecule has 0 aromatic carbocycles. The Morgan fingerprint density at radius 2 is 2.20 bits per heavy atom. The number of imidazole rings is 1. The number of hydrogen-bond donors (Lipinski definition) is 2. The molecule has 2 bridgehead atoms. The van der Waals surface area contributed by atoms with Gasteiger partial charge in [0.05, 0.1) is 6.20 Å². The highest BCUT2D eigenvalue weighted by Crippen LogP contribution is 2.35. The normalized spacial score (nSPS) is 25.7. The fraction of sp³-hybridized carbons (Fsp3) is 0.467. The number of allylic oxidation sites excluding steroid dienone is 1. The summed E-state index contributed by atoms with van der Waals surface area (Å²) in [5, 5.41) is 3.58. The molecule has 5 nitrogen and oxygen atoms in total. The van der Waals surface area contributed by atoms with Gasteiger partial charge in [-0.1, -0.05) is 13.0 Å². The van der Waals surface area contributed by atoms with Crippen molar-refractivity contribution >= 4 is 11.3 Å². The van der Waals surface area contributed by atoms with Crippen LogP contribution < -0.4 is 11.1 Å². The highest BCUT2D eigenvalue weighted by atomic mass is 15.1. The van der Waals surface area contributed by atoms with Gasteiger partial charge in [0.25, 0.3) is 0 Å². The van der Waals surface area contributed by atoms with E-state index in [0.717, 1.165) is 35.6 Å². The van der Waals surface area contributed by atoms with Crippen LogP contribution in [0.1, 0.15) is 43.1 Å². The Labute approximate surface area is 117 Å². The number of nitrogens with two attached hydrogens (primary N) is 1. The average molecular weight is 269 g/mol. The molecule has 2 atom stereocenters. The molecule has 1 aliphatic carbocycles. The molecule has 2 aromatic rings. The lowest BCUT2D eigenvalue weighted by molar-refractivity contribution is 0.350. The van der Waals surface area contributed by atoms with Gasteiger partial charge in [0.1, 0.15) is 17.2 Å². The minimum atomic E-state index is 0.496. The van der Waals surface area contributed by atoms with Crippen LogP contribution in [-0.4, -0.2) is 20.4 Å². The van der Waals surface area contributed by atoms with Crippen molar-refractivity contribution in [1.29, 1.82) is 0 Å². The van der Waals surface area contributed by atoms with Crippen LogP contribution in [0.2, 0.25) is 0 Å². The molecular formula is C15H19N5. The maximum Gasteiger partial charge on any atom is 0.149 e. The van der Waals surface area contributed by atoms with Crippen molar-refractivity contribution in [2.75, 3.05) is 5.73 Å². The van der Waals surface area contributed by atoms with Crippen LogP contribution >= 0.6 is 0 Å². The summed E-state index contributed by atoms with van der Waals surface area (Å²) in [6.07, 6.45) is 9.28. The van der Waals surface area contributed by atoms with E-state index in [9.17, 15) is 0 Å². The van der Waals surface area contributed by atoms with Gasteiger partial charge >= 0.3 is 0 Å². The Balaban J connectivity index is 1.96. The lowest BCUT2D eigenvalue weighted by Crippen LogP contribution is -2.32. The summed E-state index contributed by atoms with van der Waals surface area (Å²) < 4.78 is 2.20. The maximum absolute atomic E-state index is 6.00. The summed E-state index contributed by atoms with van der Waals surface area (Å²) in [5.41, 5.74) is 9.10. The summed E-state index contributed by atoms with van der Waals surface area (Å²) >= 11 is 0. The minimum Gasteiger partial charge on any atom is -0.386 e. The second kappa shape index (κ2) is 4.23. The molecule has 0 amide bonds. The highest BCUT2D eigenvalue weighted by Gasteiger charge is 2.28. The number of nitrogen functional groups attached to an aromatic ring is 1. The Morgan fingerprint density at radius 3 is 3.10 bits per heavy atom. The number of nitrogens with one attached hydrogen (secondary N) is 1. The molecule has 3 N–H and O–H groups in total. The van der Waals surface area contributed by atoms with Crippen molar-refractivity contribution in [2.45, 2.75) is 44.1 Å². The summed E-state index contributed by atoms with van der Waals surface area (Å²) in [6, 6.07) is 0.521. The number of fused-ring (bicyclic) bond motifs is 3. The largest absolute Gasteiger partial charge is 0.386 e. The van der Waals surface area contributed by atoms with Crippen LogP contribution in [0.15, 0.2) is 24.7 Å².